The minimum absolute atomic E-state index is 0.00537. The molecule has 1 aromatic rings. The summed E-state index contributed by atoms with van der Waals surface area (Å²) in [5, 5.41) is 8.87. The number of methoxy groups -OCH3 is 2. The summed E-state index contributed by atoms with van der Waals surface area (Å²) in [6, 6.07) is 4.13. The zero-order chi connectivity index (χ0) is 11.4. The zero-order valence-corrected chi connectivity index (χ0v) is 8.31. The summed E-state index contributed by atoms with van der Waals surface area (Å²) in [7, 11) is 2.61. The summed E-state index contributed by atoms with van der Waals surface area (Å²) in [6.45, 7) is 0. The van der Waals surface area contributed by atoms with Crippen molar-refractivity contribution in [1.29, 1.82) is 0 Å². The predicted molar refractivity (Wildman–Crippen MR) is 51.3 cm³/mol. The number of carboxylic acid groups (broad SMARTS) is 1. The van der Waals surface area contributed by atoms with Gasteiger partial charge in [0.15, 0.2) is 0 Å². The number of aromatic carboxylic acids is 1. The average Bonchev–Trinajstić information content (AvgIpc) is 2.27. The highest BCUT2D eigenvalue weighted by molar-refractivity contribution is 6.02. The third-order valence-corrected chi connectivity index (χ3v) is 1.86. The monoisotopic (exact) mass is 210 g/mol. The summed E-state index contributed by atoms with van der Waals surface area (Å²) < 4.78 is 9.32. The Morgan fingerprint density at radius 1 is 1.20 bits per heavy atom. The van der Waals surface area contributed by atoms with Crippen LogP contribution in [0.1, 0.15) is 20.7 Å². The van der Waals surface area contributed by atoms with Crippen molar-refractivity contribution < 1.29 is 24.2 Å². The smallest absolute Gasteiger partial charge is 0.338 e. The second-order valence-electron chi connectivity index (χ2n) is 2.71. The van der Waals surface area contributed by atoms with E-state index in [-0.39, 0.29) is 11.1 Å². The SMILES string of the molecule is COC(=O)c1ccc(OC)cc1C(=O)O. The Bertz CT molecular complexity index is 397. The molecule has 0 heterocycles. The Kier molecular flexibility index (Phi) is 3.28. The van der Waals surface area contributed by atoms with Gasteiger partial charge in [-0.2, -0.15) is 0 Å². The van der Waals surface area contributed by atoms with Gasteiger partial charge < -0.3 is 14.6 Å². The molecule has 1 aromatic carbocycles. The predicted octanol–water partition coefficient (Wildman–Crippen LogP) is 1.18. The number of benzene rings is 1. The van der Waals surface area contributed by atoms with Crippen LogP contribution in [-0.2, 0) is 4.74 Å². The van der Waals surface area contributed by atoms with E-state index in [1.165, 1.54) is 32.4 Å². The summed E-state index contributed by atoms with van der Waals surface area (Å²) in [5.74, 6) is -1.51. The maximum atomic E-state index is 11.2. The van der Waals surface area contributed by atoms with E-state index in [0.717, 1.165) is 0 Å². The van der Waals surface area contributed by atoms with Crippen LogP contribution in [0.25, 0.3) is 0 Å². The first-order valence-electron chi connectivity index (χ1n) is 4.09. The second kappa shape index (κ2) is 4.45. The van der Waals surface area contributed by atoms with Gasteiger partial charge in [0.25, 0.3) is 0 Å². The van der Waals surface area contributed by atoms with Crippen molar-refractivity contribution in [2.45, 2.75) is 0 Å². The van der Waals surface area contributed by atoms with Crippen LogP contribution in [0.3, 0.4) is 0 Å². The molecule has 0 aliphatic rings. The maximum absolute atomic E-state index is 11.2. The Morgan fingerprint density at radius 2 is 1.87 bits per heavy atom. The number of hydrogen-bond acceptors (Lipinski definition) is 4. The van der Waals surface area contributed by atoms with Crippen LogP contribution in [0.4, 0.5) is 0 Å². The number of carbonyl (C=O) groups excluding carboxylic acids is 1. The minimum atomic E-state index is -1.20. The fourth-order valence-electron chi connectivity index (χ4n) is 1.12. The molecule has 0 bridgehead atoms. The summed E-state index contributed by atoms with van der Waals surface area (Å²) in [5.41, 5.74) is -0.132. The molecular weight excluding hydrogens is 200 g/mol. The summed E-state index contributed by atoms with van der Waals surface area (Å²) in [4.78, 5) is 22.1. The molecule has 1 rings (SSSR count). The number of ether oxygens (including phenoxy) is 2. The van der Waals surface area contributed by atoms with Crippen molar-refractivity contribution in [2.24, 2.45) is 0 Å². The molecule has 0 unspecified atom stereocenters. The standard InChI is InChI=1S/C10H10O5/c1-14-6-3-4-7(10(13)15-2)8(5-6)9(11)12/h3-5H,1-2H3,(H,11,12). The Hall–Kier alpha value is -2.04. The number of esters is 1. The number of carboxylic acids is 1. The highest BCUT2D eigenvalue weighted by Crippen LogP contribution is 2.18. The van der Waals surface area contributed by atoms with Crippen molar-refractivity contribution in [3.05, 3.63) is 29.3 Å². The Balaban J connectivity index is 3.27. The van der Waals surface area contributed by atoms with Crippen molar-refractivity contribution in [1.82, 2.24) is 0 Å². The fraction of sp³-hybridized carbons (Fsp3) is 0.200. The first kappa shape index (κ1) is 11.0. The molecule has 0 aliphatic carbocycles. The van der Waals surface area contributed by atoms with Gasteiger partial charge in [0.2, 0.25) is 0 Å². The molecule has 0 aliphatic heterocycles. The van der Waals surface area contributed by atoms with Gasteiger partial charge in [-0.15, -0.1) is 0 Å². The minimum Gasteiger partial charge on any atom is -0.497 e. The highest BCUT2D eigenvalue weighted by atomic mass is 16.5. The molecular formula is C10H10O5. The second-order valence-corrected chi connectivity index (χ2v) is 2.71. The van der Waals surface area contributed by atoms with Crippen molar-refractivity contribution in [3.8, 4) is 5.75 Å². The Morgan fingerprint density at radius 3 is 2.33 bits per heavy atom. The topological polar surface area (TPSA) is 72.8 Å². The maximum Gasteiger partial charge on any atom is 0.338 e. The lowest BCUT2D eigenvalue weighted by Gasteiger charge is -2.06. The zero-order valence-electron chi connectivity index (χ0n) is 8.31. The molecule has 80 valence electrons. The lowest BCUT2D eigenvalue weighted by atomic mass is 10.1. The molecule has 1 N–H and O–H groups in total. The van der Waals surface area contributed by atoms with E-state index in [9.17, 15) is 9.59 Å². The van der Waals surface area contributed by atoms with Crippen LogP contribution in [0.15, 0.2) is 18.2 Å². The van der Waals surface area contributed by atoms with Crippen LogP contribution < -0.4 is 4.74 Å². The molecule has 15 heavy (non-hydrogen) atoms. The first-order valence-corrected chi connectivity index (χ1v) is 4.09. The van der Waals surface area contributed by atoms with E-state index in [4.69, 9.17) is 9.84 Å². The van der Waals surface area contributed by atoms with Gasteiger partial charge in [-0.3, -0.25) is 0 Å². The van der Waals surface area contributed by atoms with E-state index in [1.54, 1.807) is 0 Å². The third-order valence-electron chi connectivity index (χ3n) is 1.86. The van der Waals surface area contributed by atoms with Gasteiger partial charge in [0.1, 0.15) is 5.75 Å². The fourth-order valence-corrected chi connectivity index (χ4v) is 1.12. The molecule has 0 saturated carbocycles. The lowest BCUT2D eigenvalue weighted by molar-refractivity contribution is 0.0582. The van der Waals surface area contributed by atoms with Crippen molar-refractivity contribution in [2.75, 3.05) is 14.2 Å². The molecule has 0 aromatic heterocycles. The van der Waals surface area contributed by atoms with Gasteiger partial charge in [0.05, 0.1) is 25.3 Å². The van der Waals surface area contributed by atoms with Gasteiger partial charge in [-0.1, -0.05) is 0 Å². The van der Waals surface area contributed by atoms with Crippen LogP contribution in [-0.4, -0.2) is 31.3 Å². The van der Waals surface area contributed by atoms with E-state index in [0.29, 0.717) is 5.75 Å². The quantitative estimate of drug-likeness (QED) is 0.758. The molecule has 0 atom stereocenters. The molecule has 0 radical (unpaired) electrons. The number of hydrogen-bond donors (Lipinski definition) is 1. The molecule has 0 saturated heterocycles. The molecule has 0 amide bonds. The lowest BCUT2D eigenvalue weighted by Crippen LogP contribution is -2.10. The van der Waals surface area contributed by atoms with E-state index in [1.807, 2.05) is 0 Å². The van der Waals surface area contributed by atoms with Crippen LogP contribution in [0, 0.1) is 0 Å². The van der Waals surface area contributed by atoms with E-state index >= 15 is 0 Å². The van der Waals surface area contributed by atoms with E-state index < -0.39 is 11.9 Å². The van der Waals surface area contributed by atoms with Crippen LogP contribution in [0.5, 0.6) is 5.75 Å². The number of rotatable bonds is 3. The largest absolute Gasteiger partial charge is 0.497 e. The number of carbonyl (C=O) groups is 2. The Labute approximate surface area is 86.2 Å². The normalized spacial score (nSPS) is 9.47. The van der Waals surface area contributed by atoms with Gasteiger partial charge in [0, 0.05) is 0 Å². The highest BCUT2D eigenvalue weighted by Gasteiger charge is 2.17. The third kappa shape index (κ3) is 2.25. The summed E-state index contributed by atoms with van der Waals surface area (Å²) in [6.07, 6.45) is 0. The van der Waals surface area contributed by atoms with Gasteiger partial charge in [-0.25, -0.2) is 9.59 Å². The molecule has 5 heteroatoms. The summed E-state index contributed by atoms with van der Waals surface area (Å²) >= 11 is 0. The van der Waals surface area contributed by atoms with Crippen LogP contribution in [0.2, 0.25) is 0 Å². The molecule has 5 nitrogen and oxygen atoms in total. The molecule has 0 fully saturated rings. The van der Waals surface area contributed by atoms with Gasteiger partial charge >= 0.3 is 11.9 Å². The van der Waals surface area contributed by atoms with Crippen molar-refractivity contribution in [3.63, 3.8) is 0 Å². The van der Waals surface area contributed by atoms with Gasteiger partial charge in [-0.05, 0) is 18.2 Å². The first-order chi connectivity index (χ1) is 7.10. The van der Waals surface area contributed by atoms with E-state index in [2.05, 4.69) is 4.74 Å². The average molecular weight is 210 g/mol. The van der Waals surface area contributed by atoms with Crippen LogP contribution >= 0.6 is 0 Å². The van der Waals surface area contributed by atoms with Crippen molar-refractivity contribution >= 4 is 11.9 Å². The molecule has 0 spiro atoms.